The van der Waals surface area contributed by atoms with Gasteiger partial charge in [-0.15, -0.1) is 0 Å². The lowest BCUT2D eigenvalue weighted by Crippen LogP contribution is -2.32. The van der Waals surface area contributed by atoms with E-state index in [0.717, 1.165) is 21.8 Å². The summed E-state index contributed by atoms with van der Waals surface area (Å²) < 4.78 is 12.4. The van der Waals surface area contributed by atoms with Gasteiger partial charge in [-0.2, -0.15) is 0 Å². The molecule has 0 saturated carbocycles. The highest BCUT2D eigenvalue weighted by Gasteiger charge is 2.35. The predicted octanol–water partition coefficient (Wildman–Crippen LogP) is 7.45. The van der Waals surface area contributed by atoms with E-state index in [0.29, 0.717) is 38.6 Å². The van der Waals surface area contributed by atoms with Gasteiger partial charge in [0.05, 0.1) is 11.4 Å². The van der Waals surface area contributed by atoms with Crippen molar-refractivity contribution in [1.82, 2.24) is 4.90 Å². The minimum atomic E-state index is -0.363. The number of thioether (sulfide) groups is 1. The molecule has 3 aromatic carbocycles. The first-order valence-electron chi connectivity index (χ1n) is 10.2. The van der Waals surface area contributed by atoms with Crippen molar-refractivity contribution in [2.75, 3.05) is 13.2 Å². The Morgan fingerprint density at radius 3 is 2.29 bits per heavy atom. The number of carbonyl (C=O) groups is 2. The maximum Gasteiger partial charge on any atom is 0.293 e. The summed E-state index contributed by atoms with van der Waals surface area (Å²) in [5.74, 6) is 0.845. The van der Waals surface area contributed by atoms with Crippen LogP contribution in [0.4, 0.5) is 4.79 Å². The largest absolute Gasteiger partial charge is 0.492 e. The van der Waals surface area contributed by atoms with Crippen molar-refractivity contribution in [3.05, 3.63) is 97.3 Å². The van der Waals surface area contributed by atoms with Crippen molar-refractivity contribution in [2.24, 2.45) is 0 Å². The lowest BCUT2D eigenvalue weighted by molar-refractivity contribution is -0.123. The molecule has 5 nitrogen and oxygen atoms in total. The molecule has 34 heavy (non-hydrogen) atoms. The average Bonchev–Trinajstić information content (AvgIpc) is 3.08. The van der Waals surface area contributed by atoms with E-state index in [1.54, 1.807) is 42.5 Å². The van der Waals surface area contributed by atoms with Crippen LogP contribution in [0.1, 0.15) is 11.1 Å². The fourth-order valence-electron chi connectivity index (χ4n) is 3.12. The van der Waals surface area contributed by atoms with Crippen LogP contribution >= 0.6 is 50.9 Å². The fraction of sp³-hybridized carbons (Fsp3) is 0.120. The van der Waals surface area contributed by atoms with Gasteiger partial charge >= 0.3 is 0 Å². The molecule has 1 fully saturated rings. The molecule has 0 aliphatic carbocycles. The molecule has 4 rings (SSSR count). The third kappa shape index (κ3) is 6.36. The lowest BCUT2D eigenvalue weighted by Gasteiger charge is -2.13. The monoisotopic (exact) mass is 577 g/mol. The van der Waals surface area contributed by atoms with Gasteiger partial charge in [0, 0.05) is 20.1 Å². The molecule has 1 aliphatic rings. The molecule has 0 unspecified atom stereocenters. The molecule has 1 saturated heterocycles. The summed E-state index contributed by atoms with van der Waals surface area (Å²) in [4.78, 5) is 26.9. The Bertz CT molecular complexity index is 1230. The predicted molar refractivity (Wildman–Crippen MR) is 140 cm³/mol. The Kier molecular flexibility index (Phi) is 8.21. The van der Waals surface area contributed by atoms with E-state index in [1.165, 1.54) is 4.90 Å². The smallest absolute Gasteiger partial charge is 0.293 e. The lowest BCUT2D eigenvalue weighted by atomic mass is 10.1. The number of imide groups is 1. The molecule has 0 bridgehead atoms. The molecule has 0 spiro atoms. The van der Waals surface area contributed by atoms with E-state index < -0.39 is 0 Å². The van der Waals surface area contributed by atoms with E-state index in [2.05, 4.69) is 15.9 Å². The summed E-state index contributed by atoms with van der Waals surface area (Å²) in [5, 5.41) is 0.921. The topological polar surface area (TPSA) is 55.8 Å². The molecule has 9 heteroatoms. The van der Waals surface area contributed by atoms with E-state index in [4.69, 9.17) is 32.7 Å². The van der Waals surface area contributed by atoms with Crippen molar-refractivity contribution in [1.29, 1.82) is 0 Å². The van der Waals surface area contributed by atoms with E-state index in [1.807, 2.05) is 30.3 Å². The van der Waals surface area contributed by atoms with Crippen LogP contribution < -0.4 is 9.47 Å². The van der Waals surface area contributed by atoms with Crippen LogP contribution in [0.3, 0.4) is 0 Å². The quantitative estimate of drug-likeness (QED) is 0.260. The zero-order valence-electron chi connectivity index (χ0n) is 17.7. The van der Waals surface area contributed by atoms with Gasteiger partial charge in [0.2, 0.25) is 0 Å². The summed E-state index contributed by atoms with van der Waals surface area (Å²) in [6.07, 6.45) is 1.67. The molecule has 1 heterocycles. The molecule has 2 amide bonds. The van der Waals surface area contributed by atoms with Crippen molar-refractivity contribution in [3.8, 4) is 11.5 Å². The van der Waals surface area contributed by atoms with E-state index in [9.17, 15) is 9.59 Å². The van der Waals surface area contributed by atoms with Gasteiger partial charge in [-0.25, -0.2) is 0 Å². The zero-order chi connectivity index (χ0) is 24.1. The first kappa shape index (κ1) is 24.7. The number of ether oxygens (including phenoxy) is 2. The number of carbonyl (C=O) groups excluding carboxylic acids is 2. The van der Waals surface area contributed by atoms with Crippen molar-refractivity contribution < 1.29 is 19.1 Å². The maximum atomic E-state index is 12.9. The molecule has 1 aliphatic heterocycles. The summed E-state index contributed by atoms with van der Waals surface area (Å²) in [6.45, 7) is 0.658. The highest BCUT2D eigenvalue weighted by molar-refractivity contribution is 9.10. The molecule has 3 aromatic rings. The zero-order valence-corrected chi connectivity index (χ0v) is 21.6. The Morgan fingerprint density at radius 1 is 0.912 bits per heavy atom. The normalized spacial score (nSPS) is 14.7. The molecule has 0 atom stereocenters. The van der Waals surface area contributed by atoms with Gasteiger partial charge in [-0.3, -0.25) is 14.5 Å². The highest BCUT2D eigenvalue weighted by atomic mass is 79.9. The number of hydrogen-bond donors (Lipinski definition) is 0. The Morgan fingerprint density at radius 2 is 1.59 bits per heavy atom. The average molecular weight is 579 g/mol. The number of hydrogen-bond acceptors (Lipinski definition) is 5. The number of amides is 2. The SMILES string of the molecule is O=C1S/C(=C\c2cc(Br)ccc2OCc2ccc(Cl)cc2)C(=O)N1CCOc1ccc(Cl)cc1. The van der Waals surface area contributed by atoms with Crippen LogP contribution in [-0.2, 0) is 11.4 Å². The maximum absolute atomic E-state index is 12.9. The van der Waals surface area contributed by atoms with Gasteiger partial charge < -0.3 is 9.47 Å². The molecular formula is C25H18BrCl2NO4S. The highest BCUT2D eigenvalue weighted by Crippen LogP contribution is 2.35. The summed E-state index contributed by atoms with van der Waals surface area (Å²) in [5.41, 5.74) is 1.64. The second kappa shape index (κ2) is 11.3. The third-order valence-electron chi connectivity index (χ3n) is 4.84. The fourth-order valence-corrected chi connectivity index (χ4v) is 4.61. The molecule has 174 valence electrons. The van der Waals surface area contributed by atoms with Crippen LogP contribution in [0, 0.1) is 0 Å². The van der Waals surface area contributed by atoms with Crippen molar-refractivity contribution in [3.63, 3.8) is 0 Å². The Labute approximate surface area is 219 Å². The molecular weight excluding hydrogens is 561 g/mol. The van der Waals surface area contributed by atoms with Gasteiger partial charge in [-0.05, 0) is 78.0 Å². The van der Waals surface area contributed by atoms with E-state index in [-0.39, 0.29) is 24.3 Å². The van der Waals surface area contributed by atoms with Crippen LogP contribution in [0.5, 0.6) is 11.5 Å². The van der Waals surface area contributed by atoms with Crippen molar-refractivity contribution in [2.45, 2.75) is 6.61 Å². The van der Waals surface area contributed by atoms with Gasteiger partial charge in [0.15, 0.2) is 0 Å². The standard InChI is InChI=1S/C25H18BrCl2NO4S/c26-18-3-10-22(33-15-16-1-4-19(27)5-2-16)17(13-18)14-23-24(30)29(25(31)34-23)11-12-32-21-8-6-20(28)7-9-21/h1-10,13-14H,11-12,15H2/b23-14-. The van der Waals surface area contributed by atoms with Crippen LogP contribution in [-0.4, -0.2) is 29.2 Å². The van der Waals surface area contributed by atoms with Crippen molar-refractivity contribution >= 4 is 68.1 Å². The summed E-state index contributed by atoms with van der Waals surface area (Å²) in [7, 11) is 0. The van der Waals surface area contributed by atoms with E-state index >= 15 is 0 Å². The minimum Gasteiger partial charge on any atom is -0.492 e. The molecule has 0 aromatic heterocycles. The Hall–Kier alpha value is -2.45. The number of rotatable bonds is 8. The van der Waals surface area contributed by atoms with Gasteiger partial charge in [-0.1, -0.05) is 51.3 Å². The first-order valence-corrected chi connectivity index (χ1v) is 12.6. The Balaban J connectivity index is 1.43. The minimum absolute atomic E-state index is 0.142. The van der Waals surface area contributed by atoms with Crippen LogP contribution in [0.15, 0.2) is 76.1 Å². The van der Waals surface area contributed by atoms with Gasteiger partial charge in [0.25, 0.3) is 11.1 Å². The summed E-state index contributed by atoms with van der Waals surface area (Å²) in [6, 6.07) is 19.8. The molecule has 0 N–H and O–H groups in total. The number of nitrogens with zero attached hydrogens (tertiary/aromatic N) is 1. The van der Waals surface area contributed by atoms with Gasteiger partial charge in [0.1, 0.15) is 24.7 Å². The van der Waals surface area contributed by atoms with Crippen LogP contribution in [0.25, 0.3) is 6.08 Å². The number of halogens is 3. The van der Waals surface area contributed by atoms with Crippen LogP contribution in [0.2, 0.25) is 10.0 Å². The molecule has 0 radical (unpaired) electrons. The first-order chi connectivity index (χ1) is 16.4. The number of benzene rings is 3. The second-order valence-electron chi connectivity index (χ2n) is 7.23. The second-order valence-corrected chi connectivity index (χ2v) is 10.0. The summed E-state index contributed by atoms with van der Waals surface area (Å²) >= 11 is 16.2. The third-order valence-corrected chi connectivity index (χ3v) is 6.74.